The normalized spacial score (nSPS) is 11.6. The van der Waals surface area contributed by atoms with Gasteiger partial charge in [-0.15, -0.1) is 0 Å². The van der Waals surface area contributed by atoms with Crippen LogP contribution in [0.5, 0.6) is 0 Å². The molecule has 0 bridgehead atoms. The van der Waals surface area contributed by atoms with Crippen molar-refractivity contribution < 1.29 is 42.8 Å². The summed E-state index contributed by atoms with van der Waals surface area (Å²) in [6.07, 6.45) is 17.4. The van der Waals surface area contributed by atoms with Gasteiger partial charge in [-0.05, 0) is 6.42 Å². The van der Waals surface area contributed by atoms with Gasteiger partial charge in [-0.1, -0.05) is 90.4 Å². The van der Waals surface area contributed by atoms with Crippen LogP contribution in [0.3, 0.4) is 0 Å². The van der Waals surface area contributed by atoms with E-state index in [1.54, 1.807) is 0 Å². The Labute approximate surface area is 200 Å². The molecule has 0 spiro atoms. The van der Waals surface area contributed by atoms with Crippen LogP contribution in [-0.4, -0.2) is 79.1 Å². The molecule has 10 nitrogen and oxygen atoms in total. The smallest absolute Gasteiger partial charge is 0.264 e. The molecule has 0 aliphatic rings. The maximum absolute atomic E-state index is 10.5. The summed E-state index contributed by atoms with van der Waals surface area (Å²) in [6, 6.07) is 0. The van der Waals surface area contributed by atoms with Gasteiger partial charge in [0.25, 0.3) is 10.1 Å². The van der Waals surface area contributed by atoms with Crippen molar-refractivity contribution in [3.05, 3.63) is 0 Å². The van der Waals surface area contributed by atoms with Crippen molar-refractivity contribution in [2.24, 2.45) is 0 Å². The van der Waals surface area contributed by atoms with Crippen LogP contribution in [0.4, 0.5) is 0 Å². The number of unbranched alkanes of at least 4 members (excludes halogenated alkanes) is 13. The third kappa shape index (κ3) is 33.9. The highest BCUT2D eigenvalue weighted by Gasteiger charge is 2.05. The fraction of sp³-hybridized carbons (Fsp3) is 1.00. The summed E-state index contributed by atoms with van der Waals surface area (Å²) in [5.74, 6) is -0.0783. The molecule has 4 N–H and O–H groups in total. The Hall–Kier alpha value is -0.370. The van der Waals surface area contributed by atoms with E-state index in [-0.39, 0.29) is 45.4 Å². The predicted molar refractivity (Wildman–Crippen MR) is 128 cm³/mol. The molecule has 0 atom stereocenters. The molecule has 0 aliphatic carbocycles. The average molecular weight is 504 g/mol. The molecular formula is C22H49NO9S. The van der Waals surface area contributed by atoms with Crippen LogP contribution >= 0.6 is 0 Å². The molecule has 202 valence electrons. The molecule has 0 heterocycles. The van der Waals surface area contributed by atoms with Gasteiger partial charge in [0.05, 0.1) is 50.8 Å². The fourth-order valence-corrected chi connectivity index (χ4v) is 3.51. The topological polar surface area (TPSA) is 146 Å². The number of nitrogens with zero attached hydrogens (tertiary/aromatic N) is 1. The van der Waals surface area contributed by atoms with Crippen LogP contribution in [-0.2, 0) is 24.6 Å². The quantitative estimate of drug-likeness (QED) is 0.0877. The zero-order chi connectivity index (χ0) is 25.0. The molecule has 0 radical (unpaired) electrons. The maximum Gasteiger partial charge on any atom is 0.264 e. The number of hydrogen-bond acceptors (Lipinski definition) is 9. The first-order valence-electron chi connectivity index (χ1n) is 12.4. The van der Waals surface area contributed by atoms with Crippen LogP contribution in [0.15, 0.2) is 0 Å². The molecule has 33 heavy (non-hydrogen) atoms. The Balaban J connectivity index is 0. The molecule has 0 unspecified atom stereocenters. The Morgan fingerprint density at radius 2 is 0.879 bits per heavy atom. The first-order chi connectivity index (χ1) is 15.9. The molecule has 0 amide bonds. The summed E-state index contributed by atoms with van der Waals surface area (Å²) in [4.78, 5) is 14.1. The number of aliphatic hydroxyl groups is 3. The van der Waals surface area contributed by atoms with E-state index in [2.05, 4.69) is 6.92 Å². The SMILES string of the molecule is CCCCCCCCCCCCCCCCS(=O)(=O)O.OCCON(OCCO)OCCO. The molecule has 0 aromatic carbocycles. The van der Waals surface area contributed by atoms with Gasteiger partial charge in [0.1, 0.15) is 0 Å². The summed E-state index contributed by atoms with van der Waals surface area (Å²) in [5, 5.41) is 25.9. The van der Waals surface area contributed by atoms with E-state index in [1.807, 2.05) is 0 Å². The van der Waals surface area contributed by atoms with E-state index < -0.39 is 10.1 Å². The molecule has 0 aromatic heterocycles. The lowest BCUT2D eigenvalue weighted by Crippen LogP contribution is -2.28. The van der Waals surface area contributed by atoms with Crippen LogP contribution in [0, 0.1) is 0 Å². The standard InChI is InChI=1S/C16H34O3S.C6H15NO6/c1-2-3-4-5-6-7-8-9-10-11-12-13-14-15-16-20(17,18)19;8-1-4-11-7(12-5-2-9)13-6-3-10/h2-16H2,1H3,(H,17,18,19);8-10H,1-6H2. The van der Waals surface area contributed by atoms with Gasteiger partial charge in [-0.2, -0.15) is 8.42 Å². The molecule has 0 fully saturated rings. The predicted octanol–water partition coefficient (Wildman–Crippen LogP) is 3.42. The van der Waals surface area contributed by atoms with Crippen molar-refractivity contribution >= 4 is 10.1 Å². The van der Waals surface area contributed by atoms with E-state index in [0.29, 0.717) is 11.8 Å². The van der Waals surface area contributed by atoms with Crippen LogP contribution in [0.25, 0.3) is 0 Å². The van der Waals surface area contributed by atoms with Crippen molar-refractivity contribution in [1.82, 2.24) is 5.39 Å². The van der Waals surface area contributed by atoms with Gasteiger partial charge in [-0.3, -0.25) is 4.55 Å². The van der Waals surface area contributed by atoms with Crippen molar-refractivity contribution in [2.45, 2.75) is 96.8 Å². The zero-order valence-corrected chi connectivity index (χ0v) is 21.4. The first kappa shape index (κ1) is 34.8. The van der Waals surface area contributed by atoms with Crippen molar-refractivity contribution in [3.8, 4) is 0 Å². The minimum Gasteiger partial charge on any atom is -0.394 e. The minimum atomic E-state index is -3.74. The second-order valence-electron chi connectivity index (χ2n) is 7.78. The Morgan fingerprint density at radius 3 is 1.15 bits per heavy atom. The highest BCUT2D eigenvalue weighted by molar-refractivity contribution is 7.85. The Kier molecular flexibility index (Phi) is 29.4. The molecule has 0 rings (SSSR count). The summed E-state index contributed by atoms with van der Waals surface area (Å²) in [6.45, 7) is 1.75. The van der Waals surface area contributed by atoms with Crippen LogP contribution in [0.1, 0.15) is 96.8 Å². The summed E-state index contributed by atoms with van der Waals surface area (Å²) < 4.78 is 29.6. The third-order valence-corrected chi connectivity index (χ3v) is 5.42. The maximum atomic E-state index is 10.5. The lowest BCUT2D eigenvalue weighted by Gasteiger charge is -2.17. The van der Waals surface area contributed by atoms with Crippen LogP contribution < -0.4 is 0 Å². The lowest BCUT2D eigenvalue weighted by molar-refractivity contribution is -0.527. The van der Waals surface area contributed by atoms with E-state index in [1.165, 1.54) is 70.6 Å². The van der Waals surface area contributed by atoms with Gasteiger partial charge in [0.2, 0.25) is 0 Å². The number of rotatable bonds is 24. The largest absolute Gasteiger partial charge is 0.394 e. The number of aliphatic hydroxyl groups excluding tert-OH is 3. The minimum absolute atomic E-state index is 0.0108. The van der Waals surface area contributed by atoms with Gasteiger partial charge >= 0.3 is 0 Å². The Bertz CT molecular complexity index is 448. The van der Waals surface area contributed by atoms with Gasteiger partial charge in [0.15, 0.2) is 0 Å². The lowest BCUT2D eigenvalue weighted by atomic mass is 10.0. The highest BCUT2D eigenvalue weighted by Crippen LogP contribution is 2.13. The van der Waals surface area contributed by atoms with E-state index >= 15 is 0 Å². The van der Waals surface area contributed by atoms with Crippen molar-refractivity contribution in [1.29, 1.82) is 0 Å². The third-order valence-electron chi connectivity index (χ3n) is 4.62. The van der Waals surface area contributed by atoms with E-state index in [0.717, 1.165) is 12.8 Å². The van der Waals surface area contributed by atoms with E-state index in [4.69, 9.17) is 34.4 Å². The molecule has 11 heteroatoms. The molecule has 0 saturated heterocycles. The molecule has 0 saturated carbocycles. The zero-order valence-electron chi connectivity index (χ0n) is 20.5. The monoisotopic (exact) mass is 503 g/mol. The van der Waals surface area contributed by atoms with E-state index in [9.17, 15) is 8.42 Å². The molecule has 0 aliphatic heterocycles. The second kappa shape index (κ2) is 27.9. The van der Waals surface area contributed by atoms with Gasteiger partial charge in [0, 0.05) is 0 Å². The molecular weight excluding hydrogens is 454 g/mol. The Morgan fingerprint density at radius 1 is 0.576 bits per heavy atom. The molecule has 0 aromatic rings. The summed E-state index contributed by atoms with van der Waals surface area (Å²) in [7, 11) is -3.74. The average Bonchev–Trinajstić information content (AvgIpc) is 2.78. The second-order valence-corrected chi connectivity index (χ2v) is 9.35. The van der Waals surface area contributed by atoms with Crippen molar-refractivity contribution in [3.63, 3.8) is 0 Å². The van der Waals surface area contributed by atoms with Crippen molar-refractivity contribution in [2.75, 3.05) is 45.4 Å². The highest BCUT2D eigenvalue weighted by atomic mass is 32.2. The van der Waals surface area contributed by atoms with Gasteiger partial charge in [-0.25, -0.2) is 14.5 Å². The van der Waals surface area contributed by atoms with Crippen LogP contribution in [0.2, 0.25) is 0 Å². The first-order valence-corrected chi connectivity index (χ1v) is 14.0. The summed E-state index contributed by atoms with van der Waals surface area (Å²) in [5.41, 5.74) is 0. The van der Waals surface area contributed by atoms with Gasteiger partial charge < -0.3 is 15.3 Å². The number of hydrogen-bond donors (Lipinski definition) is 4. The summed E-state index contributed by atoms with van der Waals surface area (Å²) >= 11 is 0. The fourth-order valence-electron chi connectivity index (χ4n) is 2.94.